The van der Waals surface area contributed by atoms with Crippen LogP contribution in [0.1, 0.15) is 158 Å². The average molecular weight is 637 g/mol. The van der Waals surface area contributed by atoms with Crippen molar-refractivity contribution in [1.29, 1.82) is 0 Å². The van der Waals surface area contributed by atoms with Crippen molar-refractivity contribution >= 4 is 28.7 Å². The number of Topliss-reactive ketones (excluding diaryl/α,β-unsaturated/α-hetero) is 1. The Bertz CT molecular complexity index is 1180. The first-order chi connectivity index (χ1) is 21.9. The fraction of sp³-hybridized carbons (Fsp3) is 0.667. The lowest BCUT2D eigenvalue weighted by atomic mass is 9.79. The maximum atomic E-state index is 13.3. The summed E-state index contributed by atoms with van der Waals surface area (Å²) in [7, 11) is 0. The number of rotatable bonds is 24. The number of aryl methyl sites for hydroxylation is 2. The van der Waals surface area contributed by atoms with Crippen molar-refractivity contribution in [3.8, 4) is 0 Å². The molecule has 45 heavy (non-hydrogen) atoms. The molecule has 0 saturated heterocycles. The zero-order valence-corrected chi connectivity index (χ0v) is 29.7. The molecule has 1 heterocycles. The molecule has 6 heteroatoms. The number of carbonyl (C=O) groups excluding carboxylic acids is 2. The van der Waals surface area contributed by atoms with Crippen LogP contribution in [0.15, 0.2) is 40.8 Å². The molecule has 5 nitrogen and oxygen atoms in total. The molecule has 2 aliphatic carbocycles. The third-order valence-electron chi connectivity index (χ3n) is 9.37. The molecule has 0 saturated carbocycles. The van der Waals surface area contributed by atoms with E-state index in [9.17, 15) is 14.7 Å². The van der Waals surface area contributed by atoms with Gasteiger partial charge < -0.3 is 10.0 Å². The molecule has 0 unspecified atom stereocenters. The van der Waals surface area contributed by atoms with Gasteiger partial charge in [0.05, 0.1) is 16.8 Å². The van der Waals surface area contributed by atoms with E-state index in [1.165, 1.54) is 127 Å². The number of aromatic nitrogens is 1. The fourth-order valence-corrected chi connectivity index (χ4v) is 7.29. The van der Waals surface area contributed by atoms with E-state index in [1.807, 2.05) is 19.9 Å². The third kappa shape index (κ3) is 11.4. The van der Waals surface area contributed by atoms with E-state index in [1.54, 1.807) is 12.2 Å². The minimum atomic E-state index is -0.267. The molecule has 0 fully saturated rings. The highest BCUT2D eigenvalue weighted by Crippen LogP contribution is 2.42. The summed E-state index contributed by atoms with van der Waals surface area (Å²) in [5, 5.41) is 10.9. The van der Waals surface area contributed by atoms with Gasteiger partial charge in [-0.2, -0.15) is 4.37 Å². The molecule has 0 atom stereocenters. The minimum absolute atomic E-state index is 0.0798. The summed E-state index contributed by atoms with van der Waals surface area (Å²) in [4.78, 5) is 29.8. The van der Waals surface area contributed by atoms with Crippen LogP contribution in [0.3, 0.4) is 0 Å². The first kappa shape index (κ1) is 37.0. The van der Waals surface area contributed by atoms with Crippen LogP contribution in [0.4, 0.5) is 0 Å². The van der Waals surface area contributed by atoms with Crippen LogP contribution in [-0.4, -0.2) is 39.0 Å². The molecule has 0 amide bonds. The Morgan fingerprint density at radius 3 is 1.53 bits per heavy atom. The summed E-state index contributed by atoms with van der Waals surface area (Å²) in [6.45, 7) is 10.2. The number of allylic oxidation sites excluding steroid dienone is 6. The highest BCUT2D eigenvalue weighted by molar-refractivity contribution is 7.06. The first-order valence-electron chi connectivity index (χ1n) is 18.3. The number of unbranched alkanes of at least 4 members (excludes halogenated alkanes) is 18. The van der Waals surface area contributed by atoms with E-state index < -0.39 is 0 Å². The quantitative estimate of drug-likeness (QED) is 0.0903. The maximum Gasteiger partial charge on any atom is 0.201 e. The highest BCUT2D eigenvalue weighted by atomic mass is 32.1. The standard InChI is InChI=1S/C39H60N2O3S/c1-5-7-9-11-13-15-17-19-21-23-27-41(28-24-22-20-18-16-14-12-10-8-6-2)32-25-26-33(34(42)29-32)36-38(43)37(39(36)44)35-30(3)40-45-31(35)4/h25-26,29,43H,5-24,27-28H2,1-4H3. The summed E-state index contributed by atoms with van der Waals surface area (Å²) >= 11 is 1.32. The second kappa shape index (κ2) is 20.6. The Balaban J connectivity index is 1.55. The molecule has 0 radical (unpaired) electrons. The van der Waals surface area contributed by atoms with Gasteiger partial charge in [-0.3, -0.25) is 9.59 Å². The summed E-state index contributed by atoms with van der Waals surface area (Å²) < 4.78 is 4.32. The molecule has 1 N–H and O–H groups in total. The normalized spacial score (nSPS) is 16.5. The second-order valence-corrected chi connectivity index (χ2v) is 14.1. The van der Waals surface area contributed by atoms with E-state index in [-0.39, 0.29) is 22.9 Å². The Hall–Kier alpha value is -2.47. The van der Waals surface area contributed by atoms with Crippen LogP contribution in [0.25, 0.3) is 5.57 Å². The lowest BCUT2D eigenvalue weighted by molar-refractivity contribution is -0.114. The van der Waals surface area contributed by atoms with Crippen molar-refractivity contribution in [2.75, 3.05) is 13.1 Å². The zero-order valence-electron chi connectivity index (χ0n) is 28.9. The van der Waals surface area contributed by atoms with Crippen molar-refractivity contribution in [3.05, 3.63) is 57.0 Å². The molecule has 0 aromatic carbocycles. The lowest BCUT2D eigenvalue weighted by Gasteiger charge is -2.29. The van der Waals surface area contributed by atoms with Crippen LogP contribution in [0, 0.1) is 13.8 Å². The predicted octanol–water partition coefficient (Wildman–Crippen LogP) is 11.1. The Kier molecular flexibility index (Phi) is 16.9. The minimum Gasteiger partial charge on any atom is -0.506 e. The van der Waals surface area contributed by atoms with Gasteiger partial charge in [0.2, 0.25) is 5.78 Å². The first-order valence-corrected chi connectivity index (χ1v) is 19.0. The van der Waals surface area contributed by atoms with E-state index in [0.717, 1.165) is 42.2 Å². The highest BCUT2D eigenvalue weighted by Gasteiger charge is 2.40. The molecular weight excluding hydrogens is 577 g/mol. The van der Waals surface area contributed by atoms with Crippen LogP contribution in [0.2, 0.25) is 0 Å². The summed E-state index contributed by atoms with van der Waals surface area (Å²) in [6, 6.07) is 0. The topological polar surface area (TPSA) is 70.5 Å². The molecule has 0 aliphatic heterocycles. The average Bonchev–Trinajstić information content (AvgIpc) is 3.35. The number of nitrogens with zero attached hydrogens (tertiary/aromatic N) is 2. The molecule has 250 valence electrons. The SMILES string of the molecule is CCCCCCCCCCCCN(CCCCCCCCCCCC)C1=CC(=O)C(=C2C(=O)C(c3c(C)nsc3C)=C2O)C=C1. The molecule has 0 spiro atoms. The third-order valence-corrected chi connectivity index (χ3v) is 10.2. The van der Waals surface area contributed by atoms with Crippen molar-refractivity contribution < 1.29 is 14.7 Å². The van der Waals surface area contributed by atoms with Gasteiger partial charge in [-0.1, -0.05) is 129 Å². The summed E-state index contributed by atoms with van der Waals surface area (Å²) in [6.07, 6.45) is 31.5. The number of ketones is 2. The van der Waals surface area contributed by atoms with E-state index in [4.69, 9.17) is 0 Å². The predicted molar refractivity (Wildman–Crippen MR) is 191 cm³/mol. The Morgan fingerprint density at radius 1 is 0.667 bits per heavy atom. The molecule has 1 aromatic rings. The van der Waals surface area contributed by atoms with Crippen molar-refractivity contribution in [3.63, 3.8) is 0 Å². The molecular formula is C39H60N2O3S. The summed E-state index contributed by atoms with van der Waals surface area (Å²) in [5.41, 5.74) is 3.10. The van der Waals surface area contributed by atoms with Gasteiger partial charge in [0.15, 0.2) is 5.78 Å². The van der Waals surface area contributed by atoms with Crippen LogP contribution < -0.4 is 0 Å². The largest absolute Gasteiger partial charge is 0.506 e. The van der Waals surface area contributed by atoms with Gasteiger partial charge in [-0.05, 0) is 50.4 Å². The number of hydrogen-bond acceptors (Lipinski definition) is 6. The van der Waals surface area contributed by atoms with Crippen LogP contribution in [-0.2, 0) is 9.59 Å². The molecule has 2 aliphatic rings. The van der Waals surface area contributed by atoms with Gasteiger partial charge in [-0.25, -0.2) is 0 Å². The second-order valence-electron chi connectivity index (χ2n) is 13.2. The fourth-order valence-electron chi connectivity index (χ4n) is 6.59. The van der Waals surface area contributed by atoms with Crippen molar-refractivity contribution in [2.24, 2.45) is 0 Å². The molecule has 1 aromatic heterocycles. The van der Waals surface area contributed by atoms with E-state index in [0.29, 0.717) is 16.7 Å². The van der Waals surface area contributed by atoms with Crippen molar-refractivity contribution in [1.82, 2.24) is 9.27 Å². The van der Waals surface area contributed by atoms with Gasteiger partial charge in [0.25, 0.3) is 0 Å². The number of carbonyl (C=O) groups is 2. The van der Waals surface area contributed by atoms with E-state index in [2.05, 4.69) is 23.1 Å². The monoisotopic (exact) mass is 636 g/mol. The smallest absolute Gasteiger partial charge is 0.201 e. The number of aliphatic hydroxyl groups excluding tert-OH is 1. The van der Waals surface area contributed by atoms with E-state index >= 15 is 0 Å². The Labute approximate surface area is 278 Å². The maximum absolute atomic E-state index is 13.3. The van der Waals surface area contributed by atoms with Gasteiger partial charge in [0.1, 0.15) is 5.76 Å². The number of aliphatic hydroxyl groups is 1. The van der Waals surface area contributed by atoms with Gasteiger partial charge in [0, 0.05) is 40.9 Å². The summed E-state index contributed by atoms with van der Waals surface area (Å²) in [5.74, 6) is -0.547. The van der Waals surface area contributed by atoms with Gasteiger partial charge >= 0.3 is 0 Å². The Morgan fingerprint density at radius 2 is 1.13 bits per heavy atom. The number of hydrogen-bond donors (Lipinski definition) is 1. The lowest BCUT2D eigenvalue weighted by Crippen LogP contribution is -2.29. The molecule has 0 bridgehead atoms. The zero-order chi connectivity index (χ0) is 32.4. The van der Waals surface area contributed by atoms with Crippen LogP contribution >= 0.6 is 11.5 Å². The van der Waals surface area contributed by atoms with Gasteiger partial charge in [-0.15, -0.1) is 0 Å². The molecule has 3 rings (SSSR count). The van der Waals surface area contributed by atoms with Crippen LogP contribution in [0.5, 0.6) is 0 Å². The van der Waals surface area contributed by atoms with Crippen molar-refractivity contribution in [2.45, 2.75) is 156 Å².